The lowest BCUT2D eigenvalue weighted by Crippen LogP contribution is -2.20. The van der Waals surface area contributed by atoms with E-state index in [0.717, 1.165) is 23.4 Å². The number of nitrogens with one attached hydrogen (secondary N) is 1. The Morgan fingerprint density at radius 2 is 1.68 bits per heavy atom. The number of hydrogen-bond acceptors (Lipinski definition) is 2. The molecule has 3 heteroatoms. The zero-order valence-corrected chi connectivity index (χ0v) is 15.9. The van der Waals surface area contributed by atoms with Gasteiger partial charge in [-0.1, -0.05) is 52.0 Å². The molecule has 1 amide bonds. The number of hydrogen-bond donors (Lipinski definition) is 1. The molecule has 0 spiro atoms. The Bertz CT molecular complexity index is 704. The lowest BCUT2D eigenvalue weighted by molar-refractivity contribution is -0.118. The molecule has 25 heavy (non-hydrogen) atoms. The van der Waals surface area contributed by atoms with E-state index in [4.69, 9.17) is 4.74 Å². The van der Waals surface area contributed by atoms with Gasteiger partial charge in [0.1, 0.15) is 5.75 Å². The summed E-state index contributed by atoms with van der Waals surface area (Å²) in [6, 6.07) is 14.2. The lowest BCUT2D eigenvalue weighted by atomic mass is 9.99. The van der Waals surface area contributed by atoms with Crippen LogP contribution in [0, 0.1) is 6.92 Å². The highest BCUT2D eigenvalue weighted by atomic mass is 16.5. The number of amides is 1. The van der Waals surface area contributed by atoms with Gasteiger partial charge in [0.25, 0.3) is 5.91 Å². The Balaban J connectivity index is 1.94. The number of carbonyl (C=O) groups is 1. The van der Waals surface area contributed by atoms with Crippen LogP contribution < -0.4 is 10.1 Å². The summed E-state index contributed by atoms with van der Waals surface area (Å²) in [6.07, 6.45) is 1.11. The molecule has 0 saturated heterocycles. The fourth-order valence-corrected chi connectivity index (χ4v) is 2.60. The van der Waals surface area contributed by atoms with Gasteiger partial charge in [0, 0.05) is 5.69 Å². The van der Waals surface area contributed by atoms with E-state index in [-0.39, 0.29) is 12.5 Å². The van der Waals surface area contributed by atoms with Crippen molar-refractivity contribution in [3.05, 3.63) is 59.2 Å². The van der Waals surface area contributed by atoms with Crippen molar-refractivity contribution in [1.82, 2.24) is 0 Å². The molecule has 2 aromatic carbocycles. The van der Waals surface area contributed by atoms with E-state index >= 15 is 0 Å². The Hall–Kier alpha value is -2.29. The predicted molar refractivity (Wildman–Crippen MR) is 105 cm³/mol. The maximum absolute atomic E-state index is 12.2. The summed E-state index contributed by atoms with van der Waals surface area (Å²) in [5, 5.41) is 2.89. The Kier molecular flexibility index (Phi) is 6.63. The highest BCUT2D eigenvalue weighted by Gasteiger charge is 2.09. The second-order valence-electron chi connectivity index (χ2n) is 6.95. The first-order chi connectivity index (χ1) is 11.9. The average Bonchev–Trinajstić information content (AvgIpc) is 2.60. The molecule has 134 valence electrons. The second-order valence-corrected chi connectivity index (χ2v) is 6.95. The summed E-state index contributed by atoms with van der Waals surface area (Å²) in [5.41, 5.74) is 4.34. The van der Waals surface area contributed by atoms with E-state index in [1.165, 1.54) is 11.1 Å². The first-order valence-electron chi connectivity index (χ1n) is 9.03. The Morgan fingerprint density at radius 3 is 2.28 bits per heavy atom. The third kappa shape index (κ3) is 5.35. The molecule has 0 saturated carbocycles. The van der Waals surface area contributed by atoms with Gasteiger partial charge in [-0.25, -0.2) is 0 Å². The molecule has 0 aliphatic rings. The summed E-state index contributed by atoms with van der Waals surface area (Å²) in [5.74, 6) is 1.59. The largest absolute Gasteiger partial charge is 0.483 e. The van der Waals surface area contributed by atoms with Crippen LogP contribution in [0.5, 0.6) is 5.75 Å². The number of carbonyl (C=O) groups excluding carboxylic acids is 1. The van der Waals surface area contributed by atoms with Crippen molar-refractivity contribution in [1.29, 1.82) is 0 Å². The van der Waals surface area contributed by atoms with Gasteiger partial charge >= 0.3 is 0 Å². The number of benzene rings is 2. The van der Waals surface area contributed by atoms with E-state index in [0.29, 0.717) is 11.8 Å². The average molecular weight is 339 g/mol. The van der Waals surface area contributed by atoms with Crippen LogP contribution in [-0.4, -0.2) is 12.5 Å². The standard InChI is InChI=1S/C22H29NO2/c1-6-16(4)18-9-11-20(12-10-18)23-22(24)14-25-21-13-19(15(2)3)8-7-17(21)5/h7-13,15-16H,6,14H2,1-5H3,(H,23,24)/t16-/m1/s1. The molecule has 1 atom stereocenters. The third-order valence-electron chi connectivity index (χ3n) is 4.61. The molecule has 0 aliphatic heterocycles. The summed E-state index contributed by atoms with van der Waals surface area (Å²) < 4.78 is 5.73. The van der Waals surface area contributed by atoms with Crippen molar-refractivity contribution >= 4 is 11.6 Å². The molecule has 0 radical (unpaired) electrons. The predicted octanol–water partition coefficient (Wildman–Crippen LogP) is 5.65. The molecule has 0 aliphatic carbocycles. The van der Waals surface area contributed by atoms with E-state index < -0.39 is 0 Å². The Morgan fingerprint density at radius 1 is 1.04 bits per heavy atom. The molecule has 0 bridgehead atoms. The SMILES string of the molecule is CC[C@@H](C)c1ccc(NC(=O)COc2cc(C(C)C)ccc2C)cc1. The normalized spacial score (nSPS) is 12.1. The van der Waals surface area contributed by atoms with Gasteiger partial charge in [0.15, 0.2) is 6.61 Å². The maximum Gasteiger partial charge on any atom is 0.262 e. The van der Waals surface area contributed by atoms with E-state index in [9.17, 15) is 4.79 Å². The van der Waals surface area contributed by atoms with Crippen LogP contribution in [0.4, 0.5) is 5.69 Å². The lowest BCUT2D eigenvalue weighted by Gasteiger charge is -2.13. The van der Waals surface area contributed by atoms with E-state index in [1.54, 1.807) is 0 Å². The van der Waals surface area contributed by atoms with Gasteiger partial charge in [-0.15, -0.1) is 0 Å². The second kappa shape index (κ2) is 8.70. The van der Waals surface area contributed by atoms with Crippen LogP contribution in [0.25, 0.3) is 0 Å². The van der Waals surface area contributed by atoms with Gasteiger partial charge in [0.05, 0.1) is 0 Å². The summed E-state index contributed by atoms with van der Waals surface area (Å²) in [6.45, 7) is 10.7. The highest BCUT2D eigenvalue weighted by molar-refractivity contribution is 5.91. The number of anilines is 1. The molecule has 0 unspecified atom stereocenters. The fourth-order valence-electron chi connectivity index (χ4n) is 2.60. The molecular formula is C22H29NO2. The molecular weight excluding hydrogens is 310 g/mol. The van der Waals surface area contributed by atoms with Crippen LogP contribution in [0.1, 0.15) is 62.6 Å². The van der Waals surface area contributed by atoms with Crippen molar-refractivity contribution in [2.75, 3.05) is 11.9 Å². The van der Waals surface area contributed by atoms with Gasteiger partial charge in [-0.2, -0.15) is 0 Å². The summed E-state index contributed by atoms with van der Waals surface area (Å²) >= 11 is 0. The molecule has 0 heterocycles. The van der Waals surface area contributed by atoms with Crippen LogP contribution in [0.15, 0.2) is 42.5 Å². The zero-order chi connectivity index (χ0) is 18.4. The monoisotopic (exact) mass is 339 g/mol. The van der Waals surface area contributed by atoms with E-state index in [1.807, 2.05) is 31.2 Å². The molecule has 1 N–H and O–H groups in total. The van der Waals surface area contributed by atoms with Gasteiger partial charge in [0.2, 0.25) is 0 Å². The molecule has 2 aromatic rings. The quantitative estimate of drug-likeness (QED) is 0.708. The highest BCUT2D eigenvalue weighted by Crippen LogP contribution is 2.24. The van der Waals surface area contributed by atoms with Gasteiger partial charge < -0.3 is 10.1 Å². The molecule has 0 fully saturated rings. The smallest absolute Gasteiger partial charge is 0.262 e. The van der Waals surface area contributed by atoms with Crippen molar-refractivity contribution in [2.45, 2.75) is 52.9 Å². The maximum atomic E-state index is 12.2. The topological polar surface area (TPSA) is 38.3 Å². The first-order valence-corrected chi connectivity index (χ1v) is 9.03. The minimum Gasteiger partial charge on any atom is -0.483 e. The fraction of sp³-hybridized carbons (Fsp3) is 0.409. The van der Waals surface area contributed by atoms with E-state index in [2.05, 4.69) is 51.2 Å². The summed E-state index contributed by atoms with van der Waals surface area (Å²) in [4.78, 5) is 12.2. The van der Waals surface area contributed by atoms with Crippen LogP contribution in [0.2, 0.25) is 0 Å². The third-order valence-corrected chi connectivity index (χ3v) is 4.61. The minimum absolute atomic E-state index is 0.00943. The van der Waals surface area contributed by atoms with Crippen LogP contribution in [-0.2, 0) is 4.79 Å². The first kappa shape index (κ1) is 19.0. The van der Waals surface area contributed by atoms with Crippen LogP contribution in [0.3, 0.4) is 0 Å². The molecule has 3 nitrogen and oxygen atoms in total. The summed E-state index contributed by atoms with van der Waals surface area (Å²) in [7, 11) is 0. The number of aryl methyl sites for hydroxylation is 1. The van der Waals surface area contributed by atoms with Crippen molar-refractivity contribution < 1.29 is 9.53 Å². The Labute approximate surface area is 151 Å². The van der Waals surface area contributed by atoms with Gasteiger partial charge in [-0.3, -0.25) is 4.79 Å². The van der Waals surface area contributed by atoms with Gasteiger partial charge in [-0.05, 0) is 60.1 Å². The van der Waals surface area contributed by atoms with Crippen LogP contribution >= 0.6 is 0 Å². The molecule has 2 rings (SSSR count). The number of rotatable bonds is 7. The minimum atomic E-state index is -0.148. The van der Waals surface area contributed by atoms with Crippen molar-refractivity contribution in [3.8, 4) is 5.75 Å². The molecule has 0 aromatic heterocycles. The number of ether oxygens (including phenoxy) is 1. The van der Waals surface area contributed by atoms with Crippen molar-refractivity contribution in [2.24, 2.45) is 0 Å². The zero-order valence-electron chi connectivity index (χ0n) is 15.9. The van der Waals surface area contributed by atoms with Crippen molar-refractivity contribution in [3.63, 3.8) is 0 Å².